The Balaban J connectivity index is 2.59. The molecule has 64 valence electrons. The predicted molar refractivity (Wildman–Crippen MR) is 42.5 cm³/mol. The van der Waals surface area contributed by atoms with Crippen LogP contribution in [0.25, 0.3) is 5.65 Å². The smallest absolute Gasteiger partial charge is 0.254 e. The van der Waals surface area contributed by atoms with Crippen molar-refractivity contribution in [1.82, 2.24) is 19.3 Å². The molecule has 0 aliphatic rings. The van der Waals surface area contributed by atoms with Crippen LogP contribution in [-0.4, -0.2) is 25.9 Å². The Morgan fingerprint density at radius 2 is 2.50 bits per heavy atom. The molecule has 2 heterocycles. The Labute approximate surface area is 68.5 Å². The minimum Gasteiger partial charge on any atom is -0.409 e. The second-order valence-electron chi connectivity index (χ2n) is 2.27. The molecular formula is C6H9N5O. The molecule has 0 radical (unpaired) electrons. The molecular weight excluding hydrogens is 158 g/mol. The van der Waals surface area contributed by atoms with Crippen molar-refractivity contribution in [3.05, 3.63) is 12.5 Å². The molecule has 2 rings (SSSR count). The first-order valence-corrected chi connectivity index (χ1v) is 3.62. The highest BCUT2D eigenvalue weighted by Crippen LogP contribution is 2.05. The maximum Gasteiger partial charge on any atom is 0.254 e. The quantitative estimate of drug-likeness (QED) is 0.658. The Kier molecular flexibility index (Phi) is 1.39. The van der Waals surface area contributed by atoms with E-state index in [9.17, 15) is 0 Å². The van der Waals surface area contributed by atoms with Crippen LogP contribution in [0.15, 0.2) is 12.5 Å². The monoisotopic (exact) mass is 167 g/mol. The molecule has 0 saturated heterocycles. The van der Waals surface area contributed by atoms with Crippen molar-refractivity contribution in [1.29, 1.82) is 0 Å². The van der Waals surface area contributed by atoms with Gasteiger partial charge in [0.1, 0.15) is 12.9 Å². The van der Waals surface area contributed by atoms with Gasteiger partial charge in [-0.05, 0) is 6.92 Å². The van der Waals surface area contributed by atoms with Crippen LogP contribution in [0.1, 0.15) is 6.92 Å². The van der Waals surface area contributed by atoms with Crippen LogP contribution in [0.2, 0.25) is 0 Å². The van der Waals surface area contributed by atoms with E-state index >= 15 is 0 Å². The fourth-order valence-corrected chi connectivity index (χ4v) is 1.03. The number of nitrogens with zero attached hydrogens (tertiary/aromatic N) is 4. The average Bonchev–Trinajstić information content (AvgIpc) is 2.56. The van der Waals surface area contributed by atoms with E-state index in [-0.39, 0.29) is 0 Å². The largest absolute Gasteiger partial charge is 0.409 e. The summed E-state index contributed by atoms with van der Waals surface area (Å²) in [6, 6.07) is 0. The fourth-order valence-electron chi connectivity index (χ4n) is 1.03. The zero-order chi connectivity index (χ0) is 8.55. The van der Waals surface area contributed by atoms with Crippen molar-refractivity contribution < 1.29 is 4.84 Å². The minimum absolute atomic E-state index is 0.328. The lowest BCUT2D eigenvalue weighted by molar-refractivity contribution is 0.135. The summed E-state index contributed by atoms with van der Waals surface area (Å²) in [6.45, 7) is 2.42. The molecule has 0 unspecified atom stereocenters. The third-order valence-corrected chi connectivity index (χ3v) is 1.49. The van der Waals surface area contributed by atoms with Gasteiger partial charge < -0.3 is 10.6 Å². The van der Waals surface area contributed by atoms with Gasteiger partial charge in [0.15, 0.2) is 5.65 Å². The van der Waals surface area contributed by atoms with Crippen LogP contribution in [0, 0.1) is 0 Å². The SMILES string of the molecule is CCOn1c(N)nn2cncc12. The van der Waals surface area contributed by atoms with Gasteiger partial charge in [0, 0.05) is 0 Å². The Hall–Kier alpha value is -1.72. The summed E-state index contributed by atoms with van der Waals surface area (Å²) in [6.07, 6.45) is 3.21. The molecule has 0 amide bonds. The van der Waals surface area contributed by atoms with E-state index in [4.69, 9.17) is 10.6 Å². The van der Waals surface area contributed by atoms with E-state index in [1.165, 1.54) is 4.73 Å². The summed E-state index contributed by atoms with van der Waals surface area (Å²) in [4.78, 5) is 9.11. The summed E-state index contributed by atoms with van der Waals surface area (Å²) >= 11 is 0. The van der Waals surface area contributed by atoms with E-state index < -0.39 is 0 Å². The zero-order valence-corrected chi connectivity index (χ0v) is 6.64. The molecule has 0 aromatic carbocycles. The van der Waals surface area contributed by atoms with Crippen molar-refractivity contribution in [3.63, 3.8) is 0 Å². The number of aromatic nitrogens is 4. The summed E-state index contributed by atoms with van der Waals surface area (Å²) in [7, 11) is 0. The molecule has 0 saturated carbocycles. The van der Waals surface area contributed by atoms with Gasteiger partial charge in [-0.2, -0.15) is 4.52 Å². The van der Waals surface area contributed by atoms with Crippen LogP contribution < -0.4 is 10.6 Å². The number of hydrogen-bond donors (Lipinski definition) is 1. The summed E-state index contributed by atoms with van der Waals surface area (Å²) in [5.41, 5.74) is 6.29. The Morgan fingerprint density at radius 1 is 1.67 bits per heavy atom. The lowest BCUT2D eigenvalue weighted by atomic mass is 10.8. The van der Waals surface area contributed by atoms with Crippen LogP contribution in [0.5, 0.6) is 0 Å². The predicted octanol–water partition coefficient (Wildman–Crippen LogP) is -0.438. The Bertz CT molecular complexity index is 389. The highest BCUT2D eigenvalue weighted by molar-refractivity contribution is 5.40. The molecule has 2 aromatic rings. The lowest BCUT2D eigenvalue weighted by Crippen LogP contribution is -2.13. The molecule has 0 bridgehead atoms. The van der Waals surface area contributed by atoms with Crippen LogP contribution in [-0.2, 0) is 0 Å². The topological polar surface area (TPSA) is 70.4 Å². The van der Waals surface area contributed by atoms with E-state index in [1.54, 1.807) is 17.0 Å². The standard InChI is InChI=1S/C6H9N5O/c1-2-12-11-5-3-8-4-10(5)9-6(11)7/h3-4H,2H2,1H3,(H2,7,9). The van der Waals surface area contributed by atoms with Gasteiger partial charge in [-0.25, -0.2) is 4.98 Å². The first kappa shape index (κ1) is 6.96. The summed E-state index contributed by atoms with van der Waals surface area (Å²) in [5, 5.41) is 3.96. The molecule has 12 heavy (non-hydrogen) atoms. The van der Waals surface area contributed by atoms with Crippen LogP contribution >= 0.6 is 0 Å². The van der Waals surface area contributed by atoms with Gasteiger partial charge in [-0.15, -0.1) is 9.83 Å². The Morgan fingerprint density at radius 3 is 3.25 bits per heavy atom. The van der Waals surface area contributed by atoms with Gasteiger partial charge >= 0.3 is 0 Å². The number of nitrogen functional groups attached to an aromatic ring is 1. The van der Waals surface area contributed by atoms with Crippen molar-refractivity contribution in [2.75, 3.05) is 12.3 Å². The highest BCUT2D eigenvalue weighted by Gasteiger charge is 2.07. The number of anilines is 1. The van der Waals surface area contributed by atoms with Gasteiger partial charge in [-0.1, -0.05) is 0 Å². The molecule has 2 N–H and O–H groups in total. The van der Waals surface area contributed by atoms with Crippen LogP contribution in [0.3, 0.4) is 0 Å². The normalized spacial score (nSPS) is 10.8. The molecule has 6 nitrogen and oxygen atoms in total. The van der Waals surface area contributed by atoms with Crippen LogP contribution in [0.4, 0.5) is 5.95 Å². The first-order valence-electron chi connectivity index (χ1n) is 3.62. The van der Waals surface area contributed by atoms with E-state index in [0.29, 0.717) is 12.6 Å². The number of fused-ring (bicyclic) bond motifs is 1. The lowest BCUT2D eigenvalue weighted by Gasteiger charge is -2.02. The maximum absolute atomic E-state index is 5.56. The van der Waals surface area contributed by atoms with Crippen molar-refractivity contribution in [2.45, 2.75) is 6.92 Å². The van der Waals surface area contributed by atoms with Crippen molar-refractivity contribution in [3.8, 4) is 0 Å². The number of rotatable bonds is 2. The average molecular weight is 167 g/mol. The first-order chi connectivity index (χ1) is 5.83. The number of nitrogens with two attached hydrogens (primary N) is 1. The van der Waals surface area contributed by atoms with Gasteiger partial charge in [0.05, 0.1) is 6.20 Å². The highest BCUT2D eigenvalue weighted by atomic mass is 16.7. The van der Waals surface area contributed by atoms with E-state index in [1.807, 2.05) is 6.92 Å². The second-order valence-corrected chi connectivity index (χ2v) is 2.27. The van der Waals surface area contributed by atoms with Gasteiger partial charge in [0.2, 0.25) is 0 Å². The summed E-state index contributed by atoms with van der Waals surface area (Å²) < 4.78 is 3.01. The minimum atomic E-state index is 0.328. The molecule has 2 aromatic heterocycles. The van der Waals surface area contributed by atoms with E-state index in [0.717, 1.165) is 5.65 Å². The number of hydrogen-bond acceptors (Lipinski definition) is 4. The third-order valence-electron chi connectivity index (χ3n) is 1.49. The number of imidazole rings is 1. The van der Waals surface area contributed by atoms with Gasteiger partial charge in [0.25, 0.3) is 5.95 Å². The molecule has 0 atom stereocenters. The molecule has 0 spiro atoms. The molecule has 0 fully saturated rings. The fraction of sp³-hybridized carbons (Fsp3) is 0.333. The van der Waals surface area contributed by atoms with Crippen molar-refractivity contribution >= 4 is 11.6 Å². The van der Waals surface area contributed by atoms with Gasteiger partial charge in [-0.3, -0.25) is 0 Å². The van der Waals surface area contributed by atoms with Crippen molar-refractivity contribution in [2.24, 2.45) is 0 Å². The molecule has 0 aliphatic heterocycles. The third kappa shape index (κ3) is 0.810. The zero-order valence-electron chi connectivity index (χ0n) is 6.64. The van der Waals surface area contributed by atoms with E-state index in [2.05, 4.69) is 10.1 Å². The molecule has 0 aliphatic carbocycles. The maximum atomic E-state index is 5.56. The second kappa shape index (κ2) is 2.40. The molecule has 6 heteroatoms. The summed E-state index contributed by atoms with van der Waals surface area (Å²) in [5.74, 6) is 0.328.